The number of imidazole rings is 1. The molecule has 1 aliphatic heterocycles. The lowest BCUT2D eigenvalue weighted by atomic mass is 10.0. The van der Waals surface area contributed by atoms with E-state index in [-0.39, 0.29) is 11.7 Å². The zero-order valence-corrected chi connectivity index (χ0v) is 17.2. The van der Waals surface area contributed by atoms with E-state index in [1.807, 2.05) is 42.5 Å². The third kappa shape index (κ3) is 3.75. The molecule has 0 amide bonds. The smallest absolute Gasteiger partial charge is 0.269 e. The average Bonchev–Trinajstić information content (AvgIpc) is 3.41. The Balaban J connectivity index is 1.46. The van der Waals surface area contributed by atoms with E-state index < -0.39 is 4.92 Å². The molecular formula is C23H18ClN5O2. The summed E-state index contributed by atoms with van der Waals surface area (Å²) >= 11 is 6.04. The highest BCUT2D eigenvalue weighted by molar-refractivity contribution is 6.30. The van der Waals surface area contributed by atoms with Crippen LogP contribution >= 0.6 is 11.6 Å². The normalized spacial score (nSPS) is 15.6. The number of benzene rings is 3. The number of nitrogens with one attached hydrogen (secondary N) is 1. The van der Waals surface area contributed by atoms with Crippen LogP contribution in [-0.4, -0.2) is 20.2 Å². The summed E-state index contributed by atoms with van der Waals surface area (Å²) in [7, 11) is 0. The van der Waals surface area contributed by atoms with Crippen molar-refractivity contribution in [1.82, 2.24) is 15.0 Å². The minimum atomic E-state index is -0.396. The Morgan fingerprint density at radius 3 is 2.55 bits per heavy atom. The van der Waals surface area contributed by atoms with E-state index in [2.05, 4.69) is 21.2 Å². The molecule has 7 nitrogen and oxygen atoms in total. The molecule has 0 fully saturated rings. The summed E-state index contributed by atoms with van der Waals surface area (Å²) in [6.45, 7) is 0.647. The van der Waals surface area contributed by atoms with Crippen molar-refractivity contribution < 1.29 is 4.92 Å². The van der Waals surface area contributed by atoms with Crippen LogP contribution in [0.1, 0.15) is 29.4 Å². The number of hydrogen-bond donors (Lipinski definition) is 1. The maximum Gasteiger partial charge on any atom is 0.269 e. The lowest BCUT2D eigenvalue weighted by Gasteiger charge is -2.11. The molecule has 4 aromatic rings. The van der Waals surface area contributed by atoms with Crippen LogP contribution in [0.15, 0.2) is 77.9 Å². The predicted molar refractivity (Wildman–Crippen MR) is 120 cm³/mol. The van der Waals surface area contributed by atoms with E-state index in [4.69, 9.17) is 16.6 Å². The maximum absolute atomic E-state index is 10.9. The third-order valence-corrected chi connectivity index (χ3v) is 5.68. The highest BCUT2D eigenvalue weighted by atomic mass is 35.5. The second-order valence-electron chi connectivity index (χ2n) is 7.43. The van der Waals surface area contributed by atoms with Crippen LogP contribution in [0.25, 0.3) is 11.0 Å². The molecule has 0 bridgehead atoms. The van der Waals surface area contributed by atoms with Gasteiger partial charge in [-0.1, -0.05) is 48.0 Å². The number of non-ortho nitro benzene ring substituents is 1. The van der Waals surface area contributed by atoms with Crippen LogP contribution < -0.4 is 5.43 Å². The number of aromatic nitrogens is 2. The van der Waals surface area contributed by atoms with Crippen LogP contribution in [0, 0.1) is 10.1 Å². The number of nitro benzene ring substituents is 1. The Morgan fingerprint density at radius 2 is 1.81 bits per heavy atom. The molecule has 1 aliphatic rings. The third-order valence-electron chi connectivity index (χ3n) is 5.43. The molecule has 0 unspecified atom stereocenters. The van der Waals surface area contributed by atoms with Crippen LogP contribution in [0.3, 0.4) is 0 Å². The summed E-state index contributed by atoms with van der Waals surface area (Å²) in [5.41, 5.74) is 8.10. The zero-order chi connectivity index (χ0) is 21.4. The van der Waals surface area contributed by atoms with Gasteiger partial charge in [-0.05, 0) is 35.4 Å². The number of fused-ring (bicyclic) bond motifs is 1. The van der Waals surface area contributed by atoms with Gasteiger partial charge in [-0.15, -0.1) is 0 Å². The SMILES string of the molecule is O=[N+]([O-])c1ccc([C@H]2CC(c3nc4ccccc4n3Cc3ccc(Cl)cc3)=NN2)cc1. The van der Waals surface area contributed by atoms with Crippen molar-refractivity contribution >= 4 is 34.0 Å². The van der Waals surface area contributed by atoms with Crippen molar-refractivity contribution in [2.75, 3.05) is 0 Å². The van der Waals surface area contributed by atoms with Crippen molar-refractivity contribution in [3.8, 4) is 0 Å². The van der Waals surface area contributed by atoms with E-state index in [1.165, 1.54) is 12.1 Å². The molecule has 31 heavy (non-hydrogen) atoms. The Hall–Kier alpha value is -3.71. The molecule has 0 saturated carbocycles. The number of nitro groups is 1. The first-order valence-corrected chi connectivity index (χ1v) is 10.2. The Kier molecular flexibility index (Phi) is 4.88. The van der Waals surface area contributed by atoms with Crippen molar-refractivity contribution in [1.29, 1.82) is 0 Å². The van der Waals surface area contributed by atoms with E-state index in [0.717, 1.165) is 33.7 Å². The fourth-order valence-electron chi connectivity index (χ4n) is 3.83. The monoisotopic (exact) mass is 431 g/mol. The lowest BCUT2D eigenvalue weighted by Crippen LogP contribution is -2.12. The first kappa shape index (κ1) is 19.3. The van der Waals surface area contributed by atoms with Crippen LogP contribution in [0.4, 0.5) is 5.69 Å². The molecule has 1 atom stereocenters. The molecule has 5 rings (SSSR count). The van der Waals surface area contributed by atoms with Gasteiger partial charge in [-0.25, -0.2) is 4.98 Å². The molecule has 0 radical (unpaired) electrons. The minimum absolute atomic E-state index is 0.0559. The van der Waals surface area contributed by atoms with Gasteiger partial charge >= 0.3 is 0 Å². The summed E-state index contributed by atoms with van der Waals surface area (Å²) in [5.74, 6) is 0.813. The van der Waals surface area contributed by atoms with Gasteiger partial charge in [-0.2, -0.15) is 5.10 Å². The number of para-hydroxylation sites is 2. The van der Waals surface area contributed by atoms with Gasteiger partial charge in [0.2, 0.25) is 0 Å². The number of hydrazone groups is 1. The Morgan fingerprint density at radius 1 is 1.06 bits per heavy atom. The number of nitrogens with zero attached hydrogens (tertiary/aromatic N) is 4. The molecule has 154 valence electrons. The molecular weight excluding hydrogens is 414 g/mol. The van der Waals surface area contributed by atoms with Crippen molar-refractivity contribution in [2.24, 2.45) is 5.10 Å². The van der Waals surface area contributed by atoms with Crippen molar-refractivity contribution in [3.63, 3.8) is 0 Å². The molecule has 1 N–H and O–H groups in total. The number of halogens is 1. The Labute approximate surface area is 183 Å². The van der Waals surface area contributed by atoms with Gasteiger partial charge in [0.1, 0.15) is 5.71 Å². The highest BCUT2D eigenvalue weighted by Crippen LogP contribution is 2.28. The van der Waals surface area contributed by atoms with Crippen molar-refractivity contribution in [2.45, 2.75) is 19.0 Å². The lowest BCUT2D eigenvalue weighted by molar-refractivity contribution is -0.384. The second-order valence-corrected chi connectivity index (χ2v) is 7.87. The van der Waals surface area contributed by atoms with Crippen LogP contribution in [0.2, 0.25) is 5.02 Å². The van der Waals surface area contributed by atoms with Crippen molar-refractivity contribution in [3.05, 3.63) is 105 Å². The van der Waals surface area contributed by atoms with Gasteiger partial charge in [0.05, 0.1) is 22.0 Å². The quantitative estimate of drug-likeness (QED) is 0.352. The average molecular weight is 432 g/mol. The first-order chi connectivity index (χ1) is 15.1. The predicted octanol–water partition coefficient (Wildman–Crippen LogP) is 5.08. The zero-order valence-electron chi connectivity index (χ0n) is 16.4. The maximum atomic E-state index is 10.9. The second kappa shape index (κ2) is 7.85. The molecule has 1 aromatic heterocycles. The van der Waals surface area contributed by atoms with E-state index in [0.29, 0.717) is 18.0 Å². The van der Waals surface area contributed by atoms with E-state index in [1.54, 1.807) is 12.1 Å². The fourth-order valence-corrected chi connectivity index (χ4v) is 3.96. The van der Waals surface area contributed by atoms with Crippen LogP contribution in [0.5, 0.6) is 0 Å². The van der Waals surface area contributed by atoms with E-state index in [9.17, 15) is 10.1 Å². The number of hydrogen-bond acceptors (Lipinski definition) is 5. The van der Waals surface area contributed by atoms with Gasteiger partial charge in [0, 0.05) is 30.1 Å². The van der Waals surface area contributed by atoms with Crippen LogP contribution in [-0.2, 0) is 6.54 Å². The summed E-state index contributed by atoms with van der Waals surface area (Å²) < 4.78 is 2.16. The summed E-state index contributed by atoms with van der Waals surface area (Å²) in [4.78, 5) is 15.4. The summed E-state index contributed by atoms with van der Waals surface area (Å²) in [6, 6.07) is 22.3. The van der Waals surface area contributed by atoms with Gasteiger partial charge in [0.15, 0.2) is 5.82 Å². The fraction of sp³-hybridized carbons (Fsp3) is 0.130. The largest absolute Gasteiger partial charge is 0.318 e. The van der Waals surface area contributed by atoms with Gasteiger partial charge < -0.3 is 9.99 Å². The molecule has 3 aromatic carbocycles. The summed E-state index contributed by atoms with van der Waals surface area (Å²) in [5, 5.41) is 16.2. The highest BCUT2D eigenvalue weighted by Gasteiger charge is 2.26. The topological polar surface area (TPSA) is 85.3 Å². The summed E-state index contributed by atoms with van der Waals surface area (Å²) in [6.07, 6.45) is 0.641. The molecule has 0 saturated heterocycles. The van der Waals surface area contributed by atoms with E-state index >= 15 is 0 Å². The molecule has 2 heterocycles. The standard InChI is InChI=1S/C23H18ClN5O2/c24-17-9-5-15(6-10-17)14-28-22-4-2-1-3-19(22)25-23(28)21-13-20(26-27-21)16-7-11-18(12-8-16)29(30)31/h1-12,20,26H,13-14H2/t20-/m1/s1. The molecule has 0 aliphatic carbocycles. The number of rotatable bonds is 5. The Bertz CT molecular complexity index is 1300. The molecule has 0 spiro atoms. The molecule has 8 heteroatoms. The van der Waals surface area contributed by atoms with Gasteiger partial charge in [0.25, 0.3) is 5.69 Å². The van der Waals surface area contributed by atoms with Gasteiger partial charge in [-0.3, -0.25) is 10.1 Å². The minimum Gasteiger partial charge on any atom is -0.318 e. The first-order valence-electron chi connectivity index (χ1n) is 9.85.